The van der Waals surface area contributed by atoms with Crippen LogP contribution < -0.4 is 9.64 Å². The van der Waals surface area contributed by atoms with Gasteiger partial charge in [-0.05, 0) is 59.0 Å². The summed E-state index contributed by atoms with van der Waals surface area (Å²) in [5, 5.41) is 0. The van der Waals surface area contributed by atoms with Crippen molar-refractivity contribution in [2.45, 2.75) is 0 Å². The summed E-state index contributed by atoms with van der Waals surface area (Å²) in [5.41, 5.74) is 1.53. The van der Waals surface area contributed by atoms with E-state index in [9.17, 15) is 14.4 Å². The van der Waals surface area contributed by atoms with Crippen LogP contribution in [-0.4, -0.2) is 17.8 Å². The molecule has 0 unspecified atom stereocenters. The van der Waals surface area contributed by atoms with Gasteiger partial charge >= 0.3 is 5.97 Å². The Morgan fingerprint density at radius 2 is 1.44 bits per heavy atom. The molecule has 0 N–H and O–H groups in total. The summed E-state index contributed by atoms with van der Waals surface area (Å²) in [4.78, 5) is 38.7. The minimum Gasteiger partial charge on any atom is -0.423 e. The number of fused-ring (bicyclic) bond motifs is 1. The van der Waals surface area contributed by atoms with Crippen LogP contribution in [0.1, 0.15) is 31.1 Å². The summed E-state index contributed by atoms with van der Waals surface area (Å²) in [7, 11) is 0. The van der Waals surface area contributed by atoms with Crippen molar-refractivity contribution in [2.75, 3.05) is 4.90 Å². The quantitative estimate of drug-likeness (QED) is 0.248. The summed E-state index contributed by atoms with van der Waals surface area (Å²) in [6, 6.07) is 20.1. The van der Waals surface area contributed by atoms with Gasteiger partial charge in [0, 0.05) is 9.64 Å². The molecule has 0 atom stereocenters. The minimum absolute atomic E-state index is 0.258. The number of benzene rings is 3. The number of carbonyl (C=O) groups is 3. The van der Waals surface area contributed by atoms with E-state index < -0.39 is 17.8 Å². The van der Waals surface area contributed by atoms with E-state index in [2.05, 4.69) is 22.6 Å². The van der Waals surface area contributed by atoms with Gasteiger partial charge in [0.15, 0.2) is 0 Å². The van der Waals surface area contributed by atoms with Crippen LogP contribution in [0.25, 0.3) is 0 Å². The molecule has 132 valence electrons. The van der Waals surface area contributed by atoms with Gasteiger partial charge in [-0.1, -0.05) is 30.3 Å². The van der Waals surface area contributed by atoms with Gasteiger partial charge in [0.2, 0.25) is 0 Å². The fourth-order valence-corrected chi connectivity index (χ4v) is 3.51. The number of hydrogen-bond donors (Lipinski definition) is 0. The van der Waals surface area contributed by atoms with Crippen molar-refractivity contribution in [2.24, 2.45) is 0 Å². The Labute approximate surface area is 168 Å². The maximum Gasteiger partial charge on any atom is 0.344 e. The molecule has 0 aliphatic carbocycles. The molecule has 2 amide bonds. The zero-order valence-electron chi connectivity index (χ0n) is 13.9. The van der Waals surface area contributed by atoms with Crippen molar-refractivity contribution >= 4 is 46.1 Å². The molecule has 27 heavy (non-hydrogen) atoms. The van der Waals surface area contributed by atoms with E-state index in [1.54, 1.807) is 54.6 Å². The number of nitrogens with zero attached hydrogens (tertiary/aromatic N) is 1. The number of hydrogen-bond acceptors (Lipinski definition) is 4. The van der Waals surface area contributed by atoms with Gasteiger partial charge in [0.25, 0.3) is 11.8 Å². The molecule has 1 heterocycles. The molecule has 3 aromatic rings. The van der Waals surface area contributed by atoms with Gasteiger partial charge in [-0.25, -0.2) is 9.69 Å². The van der Waals surface area contributed by atoms with E-state index in [0.29, 0.717) is 22.4 Å². The molecule has 4 rings (SSSR count). The van der Waals surface area contributed by atoms with E-state index in [1.165, 1.54) is 6.07 Å². The maximum atomic E-state index is 12.6. The highest BCUT2D eigenvalue weighted by atomic mass is 127. The topological polar surface area (TPSA) is 63.7 Å². The highest BCUT2D eigenvalue weighted by Gasteiger charge is 2.36. The largest absolute Gasteiger partial charge is 0.423 e. The van der Waals surface area contributed by atoms with E-state index >= 15 is 0 Å². The van der Waals surface area contributed by atoms with Crippen LogP contribution in [0.4, 0.5) is 5.69 Å². The van der Waals surface area contributed by atoms with Crippen LogP contribution in [0.15, 0.2) is 72.8 Å². The molecule has 0 aromatic heterocycles. The summed E-state index contributed by atoms with van der Waals surface area (Å²) in [5.74, 6) is -1.03. The van der Waals surface area contributed by atoms with Gasteiger partial charge < -0.3 is 4.74 Å². The van der Waals surface area contributed by atoms with Gasteiger partial charge in [-0.2, -0.15) is 0 Å². The fraction of sp³-hybridized carbons (Fsp3) is 0. The first-order valence-corrected chi connectivity index (χ1v) is 9.19. The highest BCUT2D eigenvalue weighted by Crippen LogP contribution is 2.30. The Bertz CT molecular complexity index is 1060. The fourth-order valence-electron chi connectivity index (χ4n) is 2.90. The van der Waals surface area contributed by atoms with Crippen molar-refractivity contribution in [1.29, 1.82) is 0 Å². The number of carbonyl (C=O) groups excluding carboxylic acids is 3. The molecule has 0 saturated carbocycles. The van der Waals surface area contributed by atoms with Crippen molar-refractivity contribution in [3.05, 3.63) is 93.1 Å². The lowest BCUT2D eigenvalue weighted by atomic mass is 10.1. The Balaban J connectivity index is 1.63. The normalized spacial score (nSPS) is 12.9. The number of ether oxygens (including phenoxy) is 1. The van der Waals surface area contributed by atoms with Crippen LogP contribution in [0.2, 0.25) is 0 Å². The van der Waals surface area contributed by atoms with Gasteiger partial charge in [0.1, 0.15) is 5.75 Å². The summed E-state index contributed by atoms with van der Waals surface area (Å²) < 4.78 is 6.21. The van der Waals surface area contributed by atoms with Crippen LogP contribution in [-0.2, 0) is 0 Å². The van der Waals surface area contributed by atoms with Crippen molar-refractivity contribution in [3.8, 4) is 5.75 Å². The summed E-state index contributed by atoms with van der Waals surface area (Å²) >= 11 is 2.06. The predicted molar refractivity (Wildman–Crippen MR) is 108 cm³/mol. The van der Waals surface area contributed by atoms with Gasteiger partial charge in [-0.15, -0.1) is 0 Å². The Hall–Kier alpha value is -3.00. The van der Waals surface area contributed by atoms with Crippen molar-refractivity contribution in [3.63, 3.8) is 0 Å². The number of rotatable bonds is 3. The summed E-state index contributed by atoms with van der Waals surface area (Å²) in [6.45, 7) is 0. The average Bonchev–Trinajstić information content (AvgIpc) is 2.93. The number of anilines is 1. The smallest absolute Gasteiger partial charge is 0.344 e. The molecule has 6 heteroatoms. The molecule has 0 bridgehead atoms. The Morgan fingerprint density at radius 1 is 0.815 bits per heavy atom. The minimum atomic E-state index is -0.500. The van der Waals surface area contributed by atoms with E-state index in [-0.39, 0.29) is 5.75 Å². The van der Waals surface area contributed by atoms with E-state index in [0.717, 1.165) is 8.47 Å². The van der Waals surface area contributed by atoms with E-state index in [4.69, 9.17) is 4.74 Å². The van der Waals surface area contributed by atoms with Gasteiger partial charge in [0.05, 0.1) is 22.4 Å². The summed E-state index contributed by atoms with van der Waals surface area (Å²) in [6.07, 6.45) is 0. The second-order valence-electron chi connectivity index (χ2n) is 5.86. The zero-order valence-corrected chi connectivity index (χ0v) is 16.0. The Kier molecular flexibility index (Phi) is 4.49. The SMILES string of the molecule is O=C(Oc1cccc(N2C(=O)c3ccccc3C2=O)c1)c1ccccc1I. The standard InChI is InChI=1S/C21H12INO4/c22-18-11-4-3-10-17(18)21(26)27-14-7-5-6-13(12-14)23-19(24)15-8-1-2-9-16(15)20(23)25/h1-12H. The monoisotopic (exact) mass is 469 g/mol. The Morgan fingerprint density at radius 3 is 2.11 bits per heavy atom. The number of amides is 2. The van der Waals surface area contributed by atoms with E-state index in [1.807, 2.05) is 12.1 Å². The lowest BCUT2D eigenvalue weighted by Crippen LogP contribution is -2.29. The van der Waals surface area contributed by atoms with Gasteiger partial charge in [-0.3, -0.25) is 9.59 Å². The third kappa shape index (κ3) is 3.12. The third-order valence-corrected chi connectivity index (χ3v) is 5.11. The zero-order chi connectivity index (χ0) is 19.0. The van der Waals surface area contributed by atoms with Crippen LogP contribution in [0.3, 0.4) is 0 Å². The molecule has 1 aliphatic heterocycles. The molecule has 3 aromatic carbocycles. The lowest BCUT2D eigenvalue weighted by Gasteiger charge is -2.15. The second-order valence-corrected chi connectivity index (χ2v) is 7.02. The molecular weight excluding hydrogens is 457 g/mol. The van der Waals surface area contributed by atoms with Crippen LogP contribution in [0, 0.1) is 3.57 Å². The molecule has 1 aliphatic rings. The predicted octanol–water partition coefficient (Wildman–Crippen LogP) is 4.31. The highest BCUT2D eigenvalue weighted by molar-refractivity contribution is 14.1. The van der Waals surface area contributed by atoms with Crippen molar-refractivity contribution in [1.82, 2.24) is 0 Å². The molecular formula is C21H12INO4. The molecule has 0 saturated heterocycles. The first kappa shape index (κ1) is 17.4. The van der Waals surface area contributed by atoms with Crippen LogP contribution in [0.5, 0.6) is 5.75 Å². The lowest BCUT2D eigenvalue weighted by molar-refractivity contribution is 0.0733. The molecule has 0 spiro atoms. The first-order chi connectivity index (χ1) is 13.1. The number of imide groups is 1. The van der Waals surface area contributed by atoms with Crippen LogP contribution >= 0.6 is 22.6 Å². The van der Waals surface area contributed by atoms with Crippen molar-refractivity contribution < 1.29 is 19.1 Å². The number of halogens is 1. The maximum absolute atomic E-state index is 12.6. The molecule has 0 radical (unpaired) electrons. The molecule has 0 fully saturated rings. The number of esters is 1. The second kappa shape index (κ2) is 6.96. The average molecular weight is 469 g/mol. The molecule has 5 nitrogen and oxygen atoms in total. The third-order valence-electron chi connectivity index (χ3n) is 4.17. The first-order valence-electron chi connectivity index (χ1n) is 8.11.